The molecule has 0 aromatic heterocycles. The molecule has 0 spiro atoms. The number of ether oxygens (including phenoxy) is 1. The van der Waals surface area contributed by atoms with E-state index in [9.17, 15) is 5.11 Å². The predicted molar refractivity (Wildman–Crippen MR) is 53.5 cm³/mol. The second-order valence-electron chi connectivity index (χ2n) is 4.72. The molecule has 0 amide bonds. The standard InChI is InChI=1S/C11H22O2/c1-6(2)11(12)10-7(3)8(4)13-9(10)5/h6-12H,1-5H3. The first-order valence-corrected chi connectivity index (χ1v) is 5.28. The van der Waals surface area contributed by atoms with Crippen molar-refractivity contribution in [2.24, 2.45) is 17.8 Å². The molecule has 1 rings (SSSR count). The summed E-state index contributed by atoms with van der Waals surface area (Å²) in [6.07, 6.45) is 0.255. The summed E-state index contributed by atoms with van der Waals surface area (Å²) in [7, 11) is 0. The van der Waals surface area contributed by atoms with E-state index in [1.165, 1.54) is 0 Å². The lowest BCUT2D eigenvalue weighted by atomic mass is 9.81. The molecule has 2 nitrogen and oxygen atoms in total. The molecule has 0 aromatic carbocycles. The van der Waals surface area contributed by atoms with Gasteiger partial charge in [-0.15, -0.1) is 0 Å². The summed E-state index contributed by atoms with van der Waals surface area (Å²) in [4.78, 5) is 0. The van der Waals surface area contributed by atoms with E-state index in [0.29, 0.717) is 17.8 Å². The van der Waals surface area contributed by atoms with Crippen LogP contribution in [0.3, 0.4) is 0 Å². The number of hydrogen-bond acceptors (Lipinski definition) is 2. The second-order valence-corrected chi connectivity index (χ2v) is 4.72. The fraction of sp³-hybridized carbons (Fsp3) is 1.00. The van der Waals surface area contributed by atoms with Crippen LogP contribution in [0.15, 0.2) is 0 Å². The highest BCUT2D eigenvalue weighted by Gasteiger charge is 2.41. The van der Waals surface area contributed by atoms with Gasteiger partial charge in [0.15, 0.2) is 0 Å². The van der Waals surface area contributed by atoms with E-state index < -0.39 is 0 Å². The van der Waals surface area contributed by atoms with Crippen LogP contribution in [0.2, 0.25) is 0 Å². The van der Waals surface area contributed by atoms with E-state index in [-0.39, 0.29) is 18.3 Å². The van der Waals surface area contributed by atoms with Gasteiger partial charge >= 0.3 is 0 Å². The van der Waals surface area contributed by atoms with Gasteiger partial charge in [-0.3, -0.25) is 0 Å². The van der Waals surface area contributed by atoms with Gasteiger partial charge in [-0.05, 0) is 25.7 Å². The highest BCUT2D eigenvalue weighted by Crippen LogP contribution is 2.36. The normalized spacial score (nSPS) is 42.7. The van der Waals surface area contributed by atoms with Crippen molar-refractivity contribution in [2.75, 3.05) is 0 Å². The molecule has 1 aliphatic rings. The van der Waals surface area contributed by atoms with Crippen LogP contribution < -0.4 is 0 Å². The summed E-state index contributed by atoms with van der Waals surface area (Å²) < 4.78 is 5.70. The van der Waals surface area contributed by atoms with Crippen LogP contribution in [-0.4, -0.2) is 23.4 Å². The molecule has 5 unspecified atom stereocenters. The van der Waals surface area contributed by atoms with Crippen LogP contribution in [0.4, 0.5) is 0 Å². The van der Waals surface area contributed by atoms with Gasteiger partial charge in [-0.1, -0.05) is 20.8 Å². The number of aliphatic hydroxyl groups is 1. The Morgan fingerprint density at radius 2 is 1.62 bits per heavy atom. The van der Waals surface area contributed by atoms with Gasteiger partial charge < -0.3 is 9.84 Å². The summed E-state index contributed by atoms with van der Waals surface area (Å²) >= 11 is 0. The molecule has 1 aliphatic heterocycles. The van der Waals surface area contributed by atoms with Gasteiger partial charge in [0.25, 0.3) is 0 Å². The molecule has 13 heavy (non-hydrogen) atoms. The molecule has 1 fully saturated rings. The number of aliphatic hydroxyl groups excluding tert-OH is 1. The smallest absolute Gasteiger partial charge is 0.0619 e. The first-order valence-electron chi connectivity index (χ1n) is 5.28. The molecule has 0 aromatic rings. The minimum Gasteiger partial charge on any atom is -0.392 e. The Hall–Kier alpha value is -0.0800. The molecular formula is C11H22O2. The van der Waals surface area contributed by atoms with Crippen molar-refractivity contribution in [2.45, 2.75) is 52.9 Å². The van der Waals surface area contributed by atoms with E-state index in [4.69, 9.17) is 4.74 Å². The van der Waals surface area contributed by atoms with E-state index in [0.717, 1.165) is 0 Å². The lowest BCUT2D eigenvalue weighted by Gasteiger charge is -2.27. The fourth-order valence-electron chi connectivity index (χ4n) is 2.33. The van der Waals surface area contributed by atoms with E-state index in [1.54, 1.807) is 0 Å². The van der Waals surface area contributed by atoms with Crippen molar-refractivity contribution in [3.05, 3.63) is 0 Å². The SMILES string of the molecule is CC(C)C(O)C1C(C)OC(C)C1C. The van der Waals surface area contributed by atoms with Crippen molar-refractivity contribution in [1.82, 2.24) is 0 Å². The highest BCUT2D eigenvalue weighted by atomic mass is 16.5. The zero-order valence-electron chi connectivity index (χ0n) is 9.32. The van der Waals surface area contributed by atoms with E-state index in [1.807, 2.05) is 0 Å². The van der Waals surface area contributed by atoms with Gasteiger partial charge in [-0.25, -0.2) is 0 Å². The third-order valence-corrected chi connectivity index (χ3v) is 3.40. The molecular weight excluding hydrogens is 164 g/mol. The van der Waals surface area contributed by atoms with Crippen LogP contribution in [0, 0.1) is 17.8 Å². The maximum Gasteiger partial charge on any atom is 0.0619 e. The molecule has 2 heteroatoms. The average Bonchev–Trinajstić information content (AvgIpc) is 2.26. The predicted octanol–water partition coefficient (Wildman–Crippen LogP) is 2.06. The Bertz CT molecular complexity index is 167. The Labute approximate surface area is 81.3 Å². The minimum atomic E-state index is -0.227. The molecule has 5 atom stereocenters. The third kappa shape index (κ3) is 2.05. The van der Waals surface area contributed by atoms with Crippen LogP contribution >= 0.6 is 0 Å². The van der Waals surface area contributed by atoms with Gasteiger partial charge in [-0.2, -0.15) is 0 Å². The quantitative estimate of drug-likeness (QED) is 0.715. The van der Waals surface area contributed by atoms with E-state index >= 15 is 0 Å². The first-order chi connectivity index (χ1) is 5.95. The Morgan fingerprint density at radius 3 is 1.92 bits per heavy atom. The minimum absolute atomic E-state index is 0.197. The fourth-order valence-corrected chi connectivity index (χ4v) is 2.33. The van der Waals surface area contributed by atoms with Crippen molar-refractivity contribution >= 4 is 0 Å². The molecule has 78 valence electrons. The number of hydrogen-bond donors (Lipinski definition) is 1. The summed E-state index contributed by atoms with van der Waals surface area (Å²) in [5, 5.41) is 10.0. The summed E-state index contributed by atoms with van der Waals surface area (Å²) in [6, 6.07) is 0. The first kappa shape index (κ1) is 11.0. The maximum absolute atomic E-state index is 10.0. The summed E-state index contributed by atoms with van der Waals surface area (Å²) in [5.41, 5.74) is 0. The zero-order chi connectivity index (χ0) is 10.2. The molecule has 0 bridgehead atoms. The Kier molecular flexibility index (Phi) is 3.36. The van der Waals surface area contributed by atoms with Crippen LogP contribution in [0.5, 0.6) is 0 Å². The molecule has 1 N–H and O–H groups in total. The topological polar surface area (TPSA) is 29.5 Å². The third-order valence-electron chi connectivity index (χ3n) is 3.40. The highest BCUT2D eigenvalue weighted by molar-refractivity contribution is 4.89. The summed E-state index contributed by atoms with van der Waals surface area (Å²) in [6.45, 7) is 10.5. The Balaban J connectivity index is 2.68. The van der Waals surface area contributed by atoms with Crippen LogP contribution in [0.25, 0.3) is 0 Å². The second kappa shape index (κ2) is 3.97. The van der Waals surface area contributed by atoms with Gasteiger partial charge in [0.2, 0.25) is 0 Å². The van der Waals surface area contributed by atoms with Crippen LogP contribution in [0.1, 0.15) is 34.6 Å². The largest absolute Gasteiger partial charge is 0.392 e. The Morgan fingerprint density at radius 1 is 1.08 bits per heavy atom. The van der Waals surface area contributed by atoms with Crippen molar-refractivity contribution < 1.29 is 9.84 Å². The number of rotatable bonds is 2. The van der Waals surface area contributed by atoms with Gasteiger partial charge in [0.1, 0.15) is 0 Å². The van der Waals surface area contributed by atoms with Crippen molar-refractivity contribution in [3.63, 3.8) is 0 Å². The van der Waals surface area contributed by atoms with Gasteiger partial charge in [0, 0.05) is 5.92 Å². The molecule has 0 radical (unpaired) electrons. The zero-order valence-corrected chi connectivity index (χ0v) is 9.32. The maximum atomic E-state index is 10.0. The average molecular weight is 186 g/mol. The molecule has 1 saturated heterocycles. The van der Waals surface area contributed by atoms with Gasteiger partial charge in [0.05, 0.1) is 18.3 Å². The molecule has 0 saturated carbocycles. The van der Waals surface area contributed by atoms with Crippen molar-refractivity contribution in [1.29, 1.82) is 0 Å². The van der Waals surface area contributed by atoms with Crippen LogP contribution in [-0.2, 0) is 4.74 Å². The van der Waals surface area contributed by atoms with Crippen molar-refractivity contribution in [3.8, 4) is 0 Å². The molecule has 1 heterocycles. The summed E-state index contributed by atoms with van der Waals surface area (Å²) in [5.74, 6) is 1.09. The lowest BCUT2D eigenvalue weighted by molar-refractivity contribution is 0.00627. The molecule has 0 aliphatic carbocycles. The monoisotopic (exact) mass is 186 g/mol. The van der Waals surface area contributed by atoms with E-state index in [2.05, 4.69) is 34.6 Å². The lowest BCUT2D eigenvalue weighted by Crippen LogP contribution is -2.34.